The third kappa shape index (κ3) is 6.03. The molecule has 3 N–H and O–H groups in total. The van der Waals surface area contributed by atoms with Gasteiger partial charge in [0.05, 0.1) is 5.69 Å². The van der Waals surface area contributed by atoms with Crippen molar-refractivity contribution in [3.05, 3.63) is 54.1 Å². The first kappa shape index (κ1) is 18.6. The van der Waals surface area contributed by atoms with Gasteiger partial charge in [-0.15, -0.1) is 0 Å². The quantitative estimate of drug-likeness (QED) is 0.708. The Morgan fingerprint density at radius 1 is 1.28 bits per heavy atom. The molecule has 0 aliphatic rings. The van der Waals surface area contributed by atoms with Gasteiger partial charge in [0, 0.05) is 48.2 Å². The van der Waals surface area contributed by atoms with Crippen LogP contribution in [0.3, 0.4) is 0 Å². The summed E-state index contributed by atoms with van der Waals surface area (Å²) in [6.45, 7) is 7.37. The van der Waals surface area contributed by atoms with Gasteiger partial charge in [0.2, 0.25) is 0 Å². The summed E-state index contributed by atoms with van der Waals surface area (Å²) in [5, 5.41) is 3.30. The van der Waals surface area contributed by atoms with Crippen LogP contribution in [0.4, 0.5) is 11.5 Å². The lowest BCUT2D eigenvalue weighted by atomic mass is 10.1. The van der Waals surface area contributed by atoms with Crippen LogP contribution < -0.4 is 11.1 Å². The molecule has 132 valence electrons. The van der Waals surface area contributed by atoms with Crippen LogP contribution in [0.5, 0.6) is 0 Å². The van der Waals surface area contributed by atoms with Gasteiger partial charge in [-0.3, -0.25) is 9.98 Å². The second kappa shape index (κ2) is 9.57. The number of pyridine rings is 2. The molecular formula is C20H27N5. The predicted octanol–water partition coefficient (Wildman–Crippen LogP) is 4.20. The molecule has 0 aliphatic heterocycles. The van der Waals surface area contributed by atoms with E-state index in [0.717, 1.165) is 47.7 Å². The topological polar surface area (TPSA) is 76.2 Å². The summed E-state index contributed by atoms with van der Waals surface area (Å²) in [4.78, 5) is 13.3. The molecule has 0 atom stereocenters. The minimum atomic E-state index is 0.575. The molecule has 5 heteroatoms. The summed E-state index contributed by atoms with van der Waals surface area (Å²) in [6, 6.07) is 7.85. The van der Waals surface area contributed by atoms with E-state index in [1.165, 1.54) is 0 Å². The summed E-state index contributed by atoms with van der Waals surface area (Å²) in [6.07, 6.45) is 8.94. The highest BCUT2D eigenvalue weighted by molar-refractivity contribution is 6.10. The van der Waals surface area contributed by atoms with E-state index in [-0.39, 0.29) is 0 Å². The molecule has 0 unspecified atom stereocenters. The lowest BCUT2D eigenvalue weighted by Gasteiger charge is -2.08. The van der Waals surface area contributed by atoms with E-state index >= 15 is 0 Å². The first-order valence-corrected chi connectivity index (χ1v) is 8.73. The summed E-state index contributed by atoms with van der Waals surface area (Å²) < 4.78 is 0. The summed E-state index contributed by atoms with van der Waals surface area (Å²) >= 11 is 0. The summed E-state index contributed by atoms with van der Waals surface area (Å²) in [7, 11) is 0. The first-order chi connectivity index (χ1) is 12.1. The predicted molar refractivity (Wildman–Crippen MR) is 106 cm³/mol. The fourth-order valence-corrected chi connectivity index (χ4v) is 2.27. The SMILES string of the molecule is CCCc1cc(N=CC(=CN)c2ccc(NCC(C)C)nc2)ccn1. The molecule has 0 aliphatic carbocycles. The molecule has 5 nitrogen and oxygen atoms in total. The highest BCUT2D eigenvalue weighted by Crippen LogP contribution is 2.17. The fraction of sp³-hybridized carbons (Fsp3) is 0.350. The van der Waals surface area contributed by atoms with Gasteiger partial charge in [0.1, 0.15) is 5.82 Å². The molecule has 2 heterocycles. The molecule has 0 bridgehead atoms. The molecule has 0 spiro atoms. The third-order valence-electron chi connectivity index (χ3n) is 3.63. The number of aryl methyl sites for hydroxylation is 1. The van der Waals surface area contributed by atoms with E-state index in [1.54, 1.807) is 18.6 Å². The number of nitrogens with zero attached hydrogens (tertiary/aromatic N) is 3. The maximum Gasteiger partial charge on any atom is 0.125 e. The number of aromatic nitrogens is 2. The van der Waals surface area contributed by atoms with Gasteiger partial charge in [0.25, 0.3) is 0 Å². The molecule has 0 fully saturated rings. The molecule has 0 amide bonds. The zero-order valence-corrected chi connectivity index (χ0v) is 15.2. The summed E-state index contributed by atoms with van der Waals surface area (Å²) in [5.74, 6) is 1.44. The van der Waals surface area contributed by atoms with Gasteiger partial charge in [-0.1, -0.05) is 27.2 Å². The zero-order chi connectivity index (χ0) is 18.1. The van der Waals surface area contributed by atoms with Crippen LogP contribution in [0.2, 0.25) is 0 Å². The summed E-state index contributed by atoms with van der Waals surface area (Å²) in [5.41, 5.74) is 9.47. The van der Waals surface area contributed by atoms with E-state index < -0.39 is 0 Å². The number of aliphatic imine (C=N–C) groups is 1. The molecule has 0 aromatic carbocycles. The van der Waals surface area contributed by atoms with Crippen LogP contribution >= 0.6 is 0 Å². The lowest BCUT2D eigenvalue weighted by molar-refractivity contribution is 0.687. The Bertz CT molecular complexity index is 717. The number of hydrogen-bond acceptors (Lipinski definition) is 5. The smallest absolute Gasteiger partial charge is 0.125 e. The highest BCUT2D eigenvalue weighted by atomic mass is 15.0. The van der Waals surface area contributed by atoms with Gasteiger partial charge < -0.3 is 11.1 Å². The number of nitrogens with two attached hydrogens (primary N) is 1. The van der Waals surface area contributed by atoms with E-state index in [9.17, 15) is 0 Å². The van der Waals surface area contributed by atoms with E-state index in [4.69, 9.17) is 5.73 Å². The van der Waals surface area contributed by atoms with Crippen molar-refractivity contribution in [1.29, 1.82) is 0 Å². The van der Waals surface area contributed by atoms with Crippen LogP contribution in [-0.4, -0.2) is 22.7 Å². The van der Waals surface area contributed by atoms with E-state index in [1.807, 2.05) is 30.5 Å². The third-order valence-corrected chi connectivity index (χ3v) is 3.63. The highest BCUT2D eigenvalue weighted by Gasteiger charge is 2.02. The monoisotopic (exact) mass is 337 g/mol. The van der Waals surface area contributed by atoms with E-state index in [0.29, 0.717) is 5.92 Å². The Hall–Kier alpha value is -2.69. The van der Waals surface area contributed by atoms with Crippen molar-refractivity contribution in [1.82, 2.24) is 9.97 Å². The average molecular weight is 337 g/mol. The number of hydrogen-bond donors (Lipinski definition) is 2. The molecule has 0 radical (unpaired) electrons. The van der Waals surface area contributed by atoms with Gasteiger partial charge in [-0.2, -0.15) is 0 Å². The molecule has 0 saturated carbocycles. The standard InChI is InChI=1S/C20H27N5/c1-4-5-18-10-19(8-9-22-18)23-14-17(11-21)16-6-7-20(25-13-16)24-12-15(2)3/h6-11,13-15H,4-5,12,21H2,1-3H3,(H,24,25). The van der Waals surface area contributed by atoms with Gasteiger partial charge in [0.15, 0.2) is 0 Å². The molecule has 2 aromatic heterocycles. The van der Waals surface area contributed by atoms with Crippen LogP contribution in [0.25, 0.3) is 5.57 Å². The van der Waals surface area contributed by atoms with Crippen LogP contribution in [0.15, 0.2) is 47.9 Å². The van der Waals surface area contributed by atoms with Crippen LogP contribution in [-0.2, 0) is 6.42 Å². The maximum absolute atomic E-state index is 5.77. The first-order valence-electron chi connectivity index (χ1n) is 8.73. The molecule has 25 heavy (non-hydrogen) atoms. The van der Waals surface area contributed by atoms with Crippen LogP contribution in [0.1, 0.15) is 38.4 Å². The van der Waals surface area contributed by atoms with Gasteiger partial charge in [-0.25, -0.2) is 4.98 Å². The number of rotatable bonds is 8. The second-order valence-corrected chi connectivity index (χ2v) is 6.34. The van der Waals surface area contributed by atoms with Crippen molar-refractivity contribution in [2.24, 2.45) is 16.6 Å². The van der Waals surface area contributed by atoms with Crippen molar-refractivity contribution in [3.63, 3.8) is 0 Å². The van der Waals surface area contributed by atoms with Crippen molar-refractivity contribution >= 4 is 23.3 Å². The van der Waals surface area contributed by atoms with Crippen LogP contribution in [0, 0.1) is 5.92 Å². The molecule has 0 saturated heterocycles. The second-order valence-electron chi connectivity index (χ2n) is 6.34. The zero-order valence-electron chi connectivity index (χ0n) is 15.2. The van der Waals surface area contributed by atoms with Crippen molar-refractivity contribution < 1.29 is 0 Å². The van der Waals surface area contributed by atoms with Crippen molar-refractivity contribution in [2.45, 2.75) is 33.6 Å². The average Bonchev–Trinajstić information content (AvgIpc) is 2.62. The number of nitrogens with one attached hydrogen (secondary N) is 1. The lowest BCUT2D eigenvalue weighted by Crippen LogP contribution is -2.09. The Balaban J connectivity index is 2.08. The molecule has 2 aromatic rings. The Kier molecular flexibility index (Phi) is 7.14. The van der Waals surface area contributed by atoms with Crippen molar-refractivity contribution in [3.8, 4) is 0 Å². The Morgan fingerprint density at radius 2 is 2.12 bits per heavy atom. The van der Waals surface area contributed by atoms with E-state index in [2.05, 4.69) is 41.0 Å². The minimum absolute atomic E-state index is 0.575. The minimum Gasteiger partial charge on any atom is -0.404 e. The number of anilines is 1. The van der Waals surface area contributed by atoms with Gasteiger partial charge in [-0.05, 0) is 36.6 Å². The normalized spacial score (nSPS) is 12.1. The molecule has 2 rings (SSSR count). The Morgan fingerprint density at radius 3 is 2.76 bits per heavy atom. The van der Waals surface area contributed by atoms with Gasteiger partial charge >= 0.3 is 0 Å². The Labute approximate surface area is 150 Å². The van der Waals surface area contributed by atoms with Crippen molar-refractivity contribution in [2.75, 3.05) is 11.9 Å². The molecular weight excluding hydrogens is 310 g/mol. The fourth-order valence-electron chi connectivity index (χ4n) is 2.27. The largest absolute Gasteiger partial charge is 0.404 e. The maximum atomic E-state index is 5.77. The number of allylic oxidation sites excluding steroid dienone is 1.